The Bertz CT molecular complexity index is 281. The lowest BCUT2D eigenvalue weighted by Crippen LogP contribution is -2.23. The van der Waals surface area contributed by atoms with E-state index in [4.69, 9.17) is 5.73 Å². The lowest BCUT2D eigenvalue weighted by Gasteiger charge is -2.04. The molecule has 3 N–H and O–H groups in total. The molecule has 0 heterocycles. The number of carbonyl (C=O) groups is 1. The van der Waals surface area contributed by atoms with Gasteiger partial charge in [0, 0.05) is 13.0 Å². The molecule has 3 nitrogen and oxygen atoms in total. The van der Waals surface area contributed by atoms with E-state index >= 15 is 0 Å². The number of halogens is 2. The van der Waals surface area contributed by atoms with Crippen molar-refractivity contribution in [3.63, 3.8) is 0 Å². The molecule has 1 aromatic rings. The predicted molar refractivity (Wildman–Crippen MR) is 71.1 cm³/mol. The smallest absolute Gasteiger partial charge is 0.220 e. The summed E-state index contributed by atoms with van der Waals surface area (Å²) in [6, 6.07) is 9.86. The second kappa shape index (κ2) is 10.7. The molecule has 0 aromatic heterocycles. The van der Waals surface area contributed by atoms with Crippen LogP contribution in [0, 0.1) is 0 Å². The highest BCUT2D eigenvalue weighted by atomic mass is 35.5. The largest absolute Gasteiger partial charge is 0.352 e. The van der Waals surface area contributed by atoms with Crippen LogP contribution in [0.2, 0.25) is 0 Å². The van der Waals surface area contributed by atoms with E-state index in [0.717, 1.165) is 12.0 Å². The Morgan fingerprint density at radius 3 is 2.38 bits per heavy atom. The zero-order chi connectivity index (χ0) is 10.2. The van der Waals surface area contributed by atoms with Gasteiger partial charge in [-0.05, 0) is 18.5 Å². The molecule has 0 aliphatic heterocycles. The average Bonchev–Trinajstić information content (AvgIpc) is 2.25. The molecule has 16 heavy (non-hydrogen) atoms. The number of hydrogen-bond donors (Lipinski definition) is 2. The van der Waals surface area contributed by atoms with Crippen molar-refractivity contribution in [1.29, 1.82) is 0 Å². The lowest BCUT2D eigenvalue weighted by molar-refractivity contribution is -0.121. The first-order valence-corrected chi connectivity index (χ1v) is 4.83. The highest BCUT2D eigenvalue weighted by molar-refractivity contribution is 5.85. The van der Waals surface area contributed by atoms with Gasteiger partial charge in [0.05, 0.1) is 0 Å². The Morgan fingerprint density at radius 2 is 1.81 bits per heavy atom. The van der Waals surface area contributed by atoms with Crippen LogP contribution in [0.1, 0.15) is 18.4 Å². The summed E-state index contributed by atoms with van der Waals surface area (Å²) in [5.41, 5.74) is 6.42. The van der Waals surface area contributed by atoms with Crippen molar-refractivity contribution in [2.24, 2.45) is 5.73 Å². The summed E-state index contributed by atoms with van der Waals surface area (Å²) in [6.07, 6.45) is 1.27. The minimum absolute atomic E-state index is 0. The molecule has 0 saturated heterocycles. The summed E-state index contributed by atoms with van der Waals surface area (Å²) in [7, 11) is 0. The molecule has 1 aromatic carbocycles. The zero-order valence-electron chi connectivity index (χ0n) is 9.02. The van der Waals surface area contributed by atoms with Crippen LogP contribution >= 0.6 is 24.8 Å². The maximum atomic E-state index is 11.2. The van der Waals surface area contributed by atoms with Crippen molar-refractivity contribution in [2.45, 2.75) is 19.4 Å². The highest BCUT2D eigenvalue weighted by Gasteiger charge is 1.99. The second-order valence-corrected chi connectivity index (χ2v) is 3.15. The van der Waals surface area contributed by atoms with Crippen LogP contribution in [0.3, 0.4) is 0 Å². The SMILES string of the molecule is Cl.Cl.NCCCC(=O)NCc1ccccc1. The Hall–Kier alpha value is -0.770. The van der Waals surface area contributed by atoms with Gasteiger partial charge in [0.2, 0.25) is 5.91 Å². The molecule has 0 bridgehead atoms. The van der Waals surface area contributed by atoms with E-state index in [1.54, 1.807) is 0 Å². The molecule has 0 aliphatic carbocycles. The van der Waals surface area contributed by atoms with E-state index < -0.39 is 0 Å². The van der Waals surface area contributed by atoms with Crippen LogP contribution in [0.15, 0.2) is 30.3 Å². The predicted octanol–water partition coefficient (Wildman–Crippen LogP) is 1.89. The van der Waals surface area contributed by atoms with E-state index in [1.807, 2.05) is 30.3 Å². The third-order valence-electron chi connectivity index (χ3n) is 1.94. The number of amides is 1. The molecule has 5 heteroatoms. The molecular weight excluding hydrogens is 247 g/mol. The molecule has 0 atom stereocenters. The quantitative estimate of drug-likeness (QED) is 0.854. The average molecular weight is 265 g/mol. The fourth-order valence-corrected chi connectivity index (χ4v) is 1.15. The molecule has 92 valence electrons. The minimum atomic E-state index is 0. The highest BCUT2D eigenvalue weighted by Crippen LogP contribution is 1.97. The fourth-order valence-electron chi connectivity index (χ4n) is 1.15. The maximum Gasteiger partial charge on any atom is 0.220 e. The number of benzene rings is 1. The van der Waals surface area contributed by atoms with Crippen molar-refractivity contribution in [2.75, 3.05) is 6.54 Å². The van der Waals surface area contributed by atoms with Crippen LogP contribution in [-0.4, -0.2) is 12.5 Å². The monoisotopic (exact) mass is 264 g/mol. The van der Waals surface area contributed by atoms with Crippen molar-refractivity contribution in [1.82, 2.24) is 5.32 Å². The number of carbonyl (C=O) groups excluding carboxylic acids is 1. The van der Waals surface area contributed by atoms with Crippen LogP contribution in [0.4, 0.5) is 0 Å². The van der Waals surface area contributed by atoms with Gasteiger partial charge in [-0.2, -0.15) is 0 Å². The molecule has 0 aliphatic rings. The van der Waals surface area contributed by atoms with Gasteiger partial charge >= 0.3 is 0 Å². The van der Waals surface area contributed by atoms with E-state index in [9.17, 15) is 4.79 Å². The maximum absolute atomic E-state index is 11.2. The van der Waals surface area contributed by atoms with Gasteiger partial charge in [-0.15, -0.1) is 24.8 Å². The number of nitrogens with one attached hydrogen (secondary N) is 1. The lowest BCUT2D eigenvalue weighted by atomic mass is 10.2. The molecule has 0 unspecified atom stereocenters. The standard InChI is InChI=1S/C11H16N2O.2ClH/c12-8-4-7-11(14)13-9-10-5-2-1-3-6-10;;/h1-3,5-6H,4,7-9,12H2,(H,13,14);2*1H. The van der Waals surface area contributed by atoms with Crippen molar-refractivity contribution in [3.05, 3.63) is 35.9 Å². The topological polar surface area (TPSA) is 55.1 Å². The molecule has 0 saturated carbocycles. The van der Waals surface area contributed by atoms with E-state index in [1.165, 1.54) is 0 Å². The third kappa shape index (κ3) is 7.51. The minimum Gasteiger partial charge on any atom is -0.352 e. The third-order valence-corrected chi connectivity index (χ3v) is 1.94. The Morgan fingerprint density at radius 1 is 1.19 bits per heavy atom. The van der Waals surface area contributed by atoms with Gasteiger partial charge in [-0.1, -0.05) is 30.3 Å². The molecule has 0 fully saturated rings. The van der Waals surface area contributed by atoms with E-state index in [2.05, 4.69) is 5.32 Å². The summed E-state index contributed by atoms with van der Waals surface area (Å²) in [5.74, 6) is 0.0688. The number of hydrogen-bond acceptors (Lipinski definition) is 2. The summed E-state index contributed by atoms with van der Waals surface area (Å²) in [4.78, 5) is 11.2. The van der Waals surface area contributed by atoms with Gasteiger partial charge in [-0.25, -0.2) is 0 Å². The van der Waals surface area contributed by atoms with Crippen LogP contribution < -0.4 is 11.1 Å². The molecule has 1 rings (SSSR count). The van der Waals surface area contributed by atoms with Gasteiger partial charge < -0.3 is 11.1 Å². The van der Waals surface area contributed by atoms with Gasteiger partial charge in [0.1, 0.15) is 0 Å². The Kier molecular flexibility index (Phi) is 11.8. The number of nitrogens with two attached hydrogens (primary N) is 1. The molecule has 0 radical (unpaired) electrons. The first-order chi connectivity index (χ1) is 6.83. The molecule has 0 spiro atoms. The van der Waals surface area contributed by atoms with E-state index in [0.29, 0.717) is 19.5 Å². The normalized spacial score (nSPS) is 8.56. The van der Waals surface area contributed by atoms with Crippen molar-refractivity contribution < 1.29 is 4.79 Å². The van der Waals surface area contributed by atoms with Crippen LogP contribution in [0.5, 0.6) is 0 Å². The second-order valence-electron chi connectivity index (χ2n) is 3.15. The van der Waals surface area contributed by atoms with Crippen LogP contribution in [-0.2, 0) is 11.3 Å². The van der Waals surface area contributed by atoms with Gasteiger partial charge in [0.15, 0.2) is 0 Å². The zero-order valence-corrected chi connectivity index (χ0v) is 10.7. The Labute approximate surface area is 109 Å². The summed E-state index contributed by atoms with van der Waals surface area (Å²) < 4.78 is 0. The summed E-state index contributed by atoms with van der Waals surface area (Å²) in [5, 5.41) is 2.84. The summed E-state index contributed by atoms with van der Waals surface area (Å²) >= 11 is 0. The van der Waals surface area contributed by atoms with Gasteiger partial charge in [0.25, 0.3) is 0 Å². The summed E-state index contributed by atoms with van der Waals surface area (Å²) in [6.45, 7) is 1.17. The first-order valence-electron chi connectivity index (χ1n) is 4.83. The first kappa shape index (κ1) is 17.6. The van der Waals surface area contributed by atoms with Crippen molar-refractivity contribution in [3.8, 4) is 0 Å². The van der Waals surface area contributed by atoms with E-state index in [-0.39, 0.29) is 30.7 Å². The fraction of sp³-hybridized carbons (Fsp3) is 0.364. The Balaban J connectivity index is 0. The number of rotatable bonds is 5. The van der Waals surface area contributed by atoms with Gasteiger partial charge in [-0.3, -0.25) is 4.79 Å². The molecule has 1 amide bonds. The van der Waals surface area contributed by atoms with Crippen LogP contribution in [0.25, 0.3) is 0 Å². The molecular formula is C11H18Cl2N2O. The van der Waals surface area contributed by atoms with Crippen molar-refractivity contribution >= 4 is 30.7 Å².